The van der Waals surface area contributed by atoms with Crippen LogP contribution in [-0.4, -0.2) is 12.6 Å². The first-order valence-corrected chi connectivity index (χ1v) is 4.62. The van der Waals surface area contributed by atoms with Gasteiger partial charge in [-0.05, 0) is 6.42 Å². The third kappa shape index (κ3) is 5.80. The summed E-state index contributed by atoms with van der Waals surface area (Å²) in [6, 6.07) is 0. The van der Waals surface area contributed by atoms with E-state index in [0.717, 1.165) is 18.3 Å². The molecule has 2 saturated carbocycles. The molecule has 0 heterocycles. The van der Waals surface area contributed by atoms with Crippen molar-refractivity contribution in [1.82, 2.24) is 0 Å². The van der Waals surface area contributed by atoms with E-state index in [2.05, 4.69) is 13.8 Å². The third-order valence-corrected chi connectivity index (χ3v) is 3.74. The van der Waals surface area contributed by atoms with E-state index in [4.69, 9.17) is 4.74 Å². The predicted molar refractivity (Wildman–Crippen MR) is 67.1 cm³/mol. The van der Waals surface area contributed by atoms with Gasteiger partial charge in [-0.1, -0.05) is 38.3 Å². The number of carbonyl (C=O) groups excluding carboxylic acids is 1. The van der Waals surface area contributed by atoms with Crippen molar-refractivity contribution in [2.24, 2.45) is 17.8 Å². The van der Waals surface area contributed by atoms with E-state index >= 15 is 0 Å². The molecule has 0 saturated heterocycles. The first-order valence-electron chi connectivity index (χ1n) is 4.62. The minimum absolute atomic E-state index is 0. The quantitative estimate of drug-likeness (QED) is 0.312. The predicted octanol–water partition coefficient (Wildman–Crippen LogP) is 1.82. The van der Waals surface area contributed by atoms with E-state index in [9.17, 15) is 4.79 Å². The Morgan fingerprint density at radius 2 is 1.67 bits per heavy atom. The summed E-state index contributed by atoms with van der Waals surface area (Å²) in [7, 11) is 0. The average Bonchev–Trinajstić information content (AvgIpc) is 2.55. The van der Waals surface area contributed by atoms with Crippen molar-refractivity contribution in [3.63, 3.8) is 0 Å². The minimum atomic E-state index is 0. The summed E-state index contributed by atoms with van der Waals surface area (Å²) in [6.07, 6.45) is 2.31. The van der Waals surface area contributed by atoms with Crippen LogP contribution < -0.4 is 0 Å². The molecule has 2 aliphatic carbocycles. The van der Waals surface area contributed by atoms with Crippen molar-refractivity contribution in [2.45, 2.75) is 32.8 Å². The van der Waals surface area contributed by atoms with Crippen molar-refractivity contribution >= 4 is 26.3 Å². The first kappa shape index (κ1) is 31.7. The molecule has 2 aliphatic rings. The third-order valence-electron chi connectivity index (χ3n) is 3.74. The van der Waals surface area contributed by atoms with E-state index in [1.165, 1.54) is 12.3 Å². The Morgan fingerprint density at radius 1 is 1.17 bits per heavy atom. The van der Waals surface area contributed by atoms with Gasteiger partial charge in [0.05, 0.1) is 0 Å². The molecule has 0 N–H and O–H groups in total. The van der Waals surface area contributed by atoms with Crippen LogP contribution in [-0.2, 0) is 72.7 Å². The van der Waals surface area contributed by atoms with Gasteiger partial charge in [0.2, 0.25) is 0 Å². The molecule has 18 heavy (non-hydrogen) atoms. The van der Waals surface area contributed by atoms with Gasteiger partial charge in [-0.2, -0.15) is 32.1 Å². The molecule has 2 nitrogen and oxygen atoms in total. The summed E-state index contributed by atoms with van der Waals surface area (Å²) in [6.45, 7) is 6.09. The number of fused-ring (bicyclic) bond motifs is 2. The van der Waals surface area contributed by atoms with Crippen LogP contribution in [0.3, 0.4) is 0 Å². The van der Waals surface area contributed by atoms with Crippen LogP contribution in [0.15, 0.2) is 0 Å². The number of hydrogen-bond donors (Lipinski definition) is 0. The van der Waals surface area contributed by atoms with Crippen LogP contribution in [0.1, 0.15) is 26.7 Å². The molecule has 104 valence electrons. The largest absolute Gasteiger partial charge is 0.674 e. The van der Waals surface area contributed by atoms with Crippen molar-refractivity contribution in [3.05, 3.63) is 5.92 Å². The van der Waals surface area contributed by atoms with E-state index in [-0.39, 0.29) is 89.1 Å². The standard InChI is InChI=1S/C10H14O2.2H3P.Rf.3W/c1-6-7(2)9-3-8(6)4-10(9)12-5-11;;;;;;/h6-8,10H,3-4H2,1-2H3;2*1H3;;;;/q-2;;;;;;. The molecule has 2 fully saturated rings. The van der Waals surface area contributed by atoms with E-state index < -0.39 is 0 Å². The second kappa shape index (κ2) is 13.4. The summed E-state index contributed by atoms with van der Waals surface area (Å²) in [4.78, 5) is 10.1. The first-order chi connectivity index (χ1) is 5.74. The maximum Gasteiger partial charge on any atom is 0 e. The van der Waals surface area contributed by atoms with Crippen LogP contribution in [0.25, 0.3) is 0 Å². The monoisotopic (exact) mass is 1050 g/mol. The second-order valence-corrected chi connectivity index (χ2v) is 4.11. The van der Waals surface area contributed by atoms with Crippen molar-refractivity contribution < 1.29 is 72.7 Å². The van der Waals surface area contributed by atoms with Gasteiger partial charge in [0, 0.05) is 63.2 Å². The van der Waals surface area contributed by atoms with Crippen LogP contribution in [0.4, 0.5) is 0 Å². The van der Waals surface area contributed by atoms with Gasteiger partial charge >= 0.3 is 0 Å². The van der Waals surface area contributed by atoms with E-state index in [1.807, 2.05) is 0 Å². The summed E-state index contributed by atoms with van der Waals surface area (Å²) in [5.74, 6) is 3.62. The normalized spacial score (nSPS) is 31.0. The van der Waals surface area contributed by atoms with Crippen molar-refractivity contribution in [1.29, 1.82) is 0 Å². The Labute approximate surface area is 154 Å². The number of rotatable bonds is 2. The molecule has 0 radical (unpaired) electrons. The zero-order chi connectivity index (χ0) is 8.72. The van der Waals surface area contributed by atoms with Crippen LogP contribution in [0.2, 0.25) is 0 Å². The molecular weight excluding hydrogens is 1030 g/mol. The summed E-state index contributed by atoms with van der Waals surface area (Å²) in [5.41, 5.74) is 0. The molecule has 0 aliphatic heterocycles. The molecule has 0 aromatic rings. The minimum Gasteiger partial charge on any atom is -0.674 e. The molecule has 2 rings (SSSR count). The van der Waals surface area contributed by atoms with E-state index in [1.54, 1.807) is 6.47 Å². The number of hydrogen-bond acceptors (Lipinski definition) is 2. The van der Waals surface area contributed by atoms with Gasteiger partial charge in [-0.15, -0.1) is 0 Å². The molecular formula is C10H20O2P2RfW3-2. The molecule has 2 bridgehead atoms. The Hall–Kier alpha value is 1.39. The average molecular weight is 1050 g/mol. The smallest absolute Gasteiger partial charge is 0 e. The molecule has 0 aromatic heterocycles. The van der Waals surface area contributed by atoms with Crippen LogP contribution in [0, 0.1) is 23.7 Å². The fourth-order valence-electron chi connectivity index (χ4n) is 2.75. The van der Waals surface area contributed by atoms with Gasteiger partial charge in [-0.25, -0.2) is 0 Å². The van der Waals surface area contributed by atoms with Crippen LogP contribution >= 0.6 is 19.8 Å². The summed E-state index contributed by atoms with van der Waals surface area (Å²) in [5, 5.41) is 0. The SMILES string of the molecule is CC1[C-]2CC(CC2O[C-]=O)C1C.P.P.[Rf].[W].[W].[W]. The van der Waals surface area contributed by atoms with Crippen molar-refractivity contribution in [3.8, 4) is 0 Å². The maximum atomic E-state index is 10.1. The zero-order valence-electron chi connectivity index (χ0n) is 10.9. The summed E-state index contributed by atoms with van der Waals surface area (Å²) < 4.78 is 4.91. The molecule has 6 unspecified atom stereocenters. The van der Waals surface area contributed by atoms with Crippen LogP contribution in [0.5, 0.6) is 0 Å². The summed E-state index contributed by atoms with van der Waals surface area (Å²) >= 11 is 0. The Balaban J connectivity index is -0.0000000939. The molecule has 0 amide bonds. The fraction of sp³-hybridized carbons (Fsp3) is 0.800. The Morgan fingerprint density at radius 3 is 2.00 bits per heavy atom. The Kier molecular flexibility index (Phi) is 23.5. The molecule has 8 heteroatoms. The van der Waals surface area contributed by atoms with Gasteiger partial charge < -0.3 is 9.53 Å². The molecule has 0 spiro atoms. The molecule has 0 aromatic carbocycles. The van der Waals surface area contributed by atoms with Gasteiger partial charge in [-0.3, -0.25) is 5.92 Å². The van der Waals surface area contributed by atoms with E-state index in [0.29, 0.717) is 5.92 Å². The Bertz CT molecular complexity index is 214. The van der Waals surface area contributed by atoms with Gasteiger partial charge in [0.15, 0.2) is 0 Å². The fourth-order valence-corrected chi connectivity index (χ4v) is 2.75. The zero-order valence-corrected chi connectivity index (χ0v) is 28.9. The van der Waals surface area contributed by atoms with Crippen molar-refractivity contribution in [2.75, 3.05) is 0 Å². The molecule has 6 atom stereocenters. The van der Waals surface area contributed by atoms with Gasteiger partial charge in [0.25, 0.3) is 0 Å². The second-order valence-electron chi connectivity index (χ2n) is 4.11. The topological polar surface area (TPSA) is 26.3 Å². The number of ether oxygens (including phenoxy) is 1. The maximum absolute atomic E-state index is 10.1. The van der Waals surface area contributed by atoms with Gasteiger partial charge in [0.1, 0.15) is 0 Å².